The Morgan fingerprint density at radius 3 is 2.45 bits per heavy atom. The van der Waals surface area contributed by atoms with Crippen molar-refractivity contribution in [3.05, 3.63) is 35.6 Å². The van der Waals surface area contributed by atoms with Crippen LogP contribution in [0.2, 0.25) is 0 Å². The van der Waals surface area contributed by atoms with Gasteiger partial charge in [0.25, 0.3) is 0 Å². The molecular formula is C15H19FO4. The van der Waals surface area contributed by atoms with Crippen molar-refractivity contribution in [3.8, 4) is 0 Å². The Morgan fingerprint density at radius 2 is 1.95 bits per heavy atom. The summed E-state index contributed by atoms with van der Waals surface area (Å²) in [6, 6.07) is 6.03. The first-order valence-corrected chi connectivity index (χ1v) is 6.74. The molecular weight excluding hydrogens is 263 g/mol. The van der Waals surface area contributed by atoms with Gasteiger partial charge in [-0.15, -0.1) is 0 Å². The number of hydrogen-bond acceptors (Lipinski definition) is 3. The topological polar surface area (TPSA) is 55.8 Å². The summed E-state index contributed by atoms with van der Waals surface area (Å²) in [4.78, 5) is 11.6. The second-order valence-electron chi connectivity index (χ2n) is 5.15. The fraction of sp³-hybridized carbons (Fsp3) is 0.533. The molecule has 0 saturated carbocycles. The zero-order chi connectivity index (χ0) is 15.0. The van der Waals surface area contributed by atoms with E-state index in [4.69, 9.17) is 9.47 Å². The third-order valence-electron chi connectivity index (χ3n) is 3.92. The zero-order valence-electron chi connectivity index (χ0n) is 11.9. The minimum absolute atomic E-state index is 0.209. The van der Waals surface area contributed by atoms with Crippen molar-refractivity contribution in [1.29, 1.82) is 0 Å². The van der Waals surface area contributed by atoms with Crippen molar-refractivity contribution >= 4 is 5.97 Å². The third-order valence-corrected chi connectivity index (χ3v) is 3.92. The highest BCUT2D eigenvalue weighted by atomic mass is 19.1. The predicted octanol–water partition coefficient (Wildman–Crippen LogP) is 3.27. The van der Waals surface area contributed by atoms with E-state index in [9.17, 15) is 14.3 Å². The van der Waals surface area contributed by atoms with E-state index in [1.165, 1.54) is 19.1 Å². The molecule has 1 fully saturated rings. The molecule has 0 radical (unpaired) electrons. The molecule has 0 spiro atoms. The number of benzene rings is 1. The Hall–Kier alpha value is -1.46. The van der Waals surface area contributed by atoms with Gasteiger partial charge in [-0.3, -0.25) is 0 Å². The molecule has 1 aromatic carbocycles. The van der Waals surface area contributed by atoms with Gasteiger partial charge < -0.3 is 14.6 Å². The van der Waals surface area contributed by atoms with Gasteiger partial charge in [-0.05, 0) is 25.8 Å². The summed E-state index contributed by atoms with van der Waals surface area (Å²) in [7, 11) is 0. The lowest BCUT2D eigenvalue weighted by Gasteiger charge is -2.26. The number of aliphatic carboxylic acids is 1. The van der Waals surface area contributed by atoms with Gasteiger partial charge in [0, 0.05) is 5.56 Å². The van der Waals surface area contributed by atoms with Gasteiger partial charge in [0.2, 0.25) is 0 Å². The first-order chi connectivity index (χ1) is 9.38. The maximum Gasteiger partial charge on any atom is 0.338 e. The highest BCUT2D eigenvalue weighted by Gasteiger charge is 2.58. The molecule has 0 amide bonds. The normalized spacial score (nSPS) is 28.5. The molecule has 110 valence electrons. The van der Waals surface area contributed by atoms with E-state index in [0.717, 1.165) is 0 Å². The third kappa shape index (κ3) is 2.21. The van der Waals surface area contributed by atoms with Crippen LogP contribution in [0, 0.1) is 5.82 Å². The van der Waals surface area contributed by atoms with Gasteiger partial charge in [0.05, 0.1) is 0 Å². The summed E-state index contributed by atoms with van der Waals surface area (Å²) in [5, 5.41) is 9.49. The summed E-state index contributed by atoms with van der Waals surface area (Å²) >= 11 is 0. The molecule has 0 bridgehead atoms. The Morgan fingerprint density at radius 1 is 1.35 bits per heavy atom. The molecule has 1 heterocycles. The monoisotopic (exact) mass is 282 g/mol. The second-order valence-corrected chi connectivity index (χ2v) is 5.15. The highest BCUT2D eigenvalue weighted by molar-refractivity contribution is 5.78. The van der Waals surface area contributed by atoms with E-state index in [2.05, 4.69) is 0 Å². The number of ether oxygens (including phenoxy) is 2. The average molecular weight is 282 g/mol. The molecule has 0 unspecified atom stereocenters. The van der Waals surface area contributed by atoms with Gasteiger partial charge in [0.15, 0.2) is 11.4 Å². The Balaban J connectivity index is 2.50. The summed E-state index contributed by atoms with van der Waals surface area (Å²) in [5.41, 5.74) is -1.39. The second kappa shape index (κ2) is 5.14. The minimum atomic E-state index is -1.60. The highest BCUT2D eigenvalue weighted by Crippen LogP contribution is 2.49. The molecule has 0 aromatic heterocycles. The number of rotatable bonds is 4. The lowest BCUT2D eigenvalue weighted by Crippen LogP contribution is -2.42. The van der Waals surface area contributed by atoms with Gasteiger partial charge >= 0.3 is 5.97 Å². The van der Waals surface area contributed by atoms with Crippen LogP contribution in [0.3, 0.4) is 0 Å². The summed E-state index contributed by atoms with van der Waals surface area (Å²) in [5.74, 6) is -2.63. The minimum Gasteiger partial charge on any atom is -0.479 e. The summed E-state index contributed by atoms with van der Waals surface area (Å²) in [6.45, 7) is 5.14. The van der Waals surface area contributed by atoms with Gasteiger partial charge in [-0.2, -0.15) is 0 Å². The van der Waals surface area contributed by atoms with Crippen LogP contribution in [0.4, 0.5) is 4.39 Å². The van der Waals surface area contributed by atoms with Crippen molar-refractivity contribution in [3.63, 3.8) is 0 Å². The van der Waals surface area contributed by atoms with Crippen LogP contribution in [0.1, 0.15) is 45.3 Å². The van der Waals surface area contributed by atoms with Crippen molar-refractivity contribution in [2.75, 3.05) is 0 Å². The SMILES string of the molecule is CCC1(CC)O[C@@H](c2ccccc2F)[C@](C)(C(=O)O)O1. The molecule has 2 rings (SSSR count). The van der Waals surface area contributed by atoms with Crippen molar-refractivity contribution in [2.45, 2.75) is 51.1 Å². The van der Waals surface area contributed by atoms with Crippen LogP contribution in [0.25, 0.3) is 0 Å². The van der Waals surface area contributed by atoms with Gasteiger partial charge in [0.1, 0.15) is 11.9 Å². The van der Waals surface area contributed by atoms with Crippen LogP contribution in [0.5, 0.6) is 0 Å². The maximum atomic E-state index is 14.0. The molecule has 1 aliphatic heterocycles. The smallest absolute Gasteiger partial charge is 0.338 e. The Bertz CT molecular complexity index is 512. The first-order valence-electron chi connectivity index (χ1n) is 6.74. The lowest BCUT2D eigenvalue weighted by molar-refractivity contribution is -0.200. The summed E-state index contributed by atoms with van der Waals surface area (Å²) < 4.78 is 25.6. The van der Waals surface area contributed by atoms with E-state index >= 15 is 0 Å². The molecule has 4 nitrogen and oxygen atoms in total. The average Bonchev–Trinajstić information content (AvgIpc) is 2.75. The van der Waals surface area contributed by atoms with E-state index in [1.807, 2.05) is 13.8 Å². The lowest BCUT2D eigenvalue weighted by atomic mass is 9.93. The summed E-state index contributed by atoms with van der Waals surface area (Å²) in [6.07, 6.45) is 0.0235. The molecule has 2 atom stereocenters. The van der Waals surface area contributed by atoms with Gasteiger partial charge in [-0.25, -0.2) is 9.18 Å². The molecule has 5 heteroatoms. The molecule has 1 aliphatic rings. The Kier molecular flexibility index (Phi) is 3.84. The standard InChI is InChI=1S/C15H19FO4/c1-4-15(5-2)19-12(14(3,20-15)13(17)18)10-8-6-7-9-11(10)16/h6-9,12H,4-5H2,1-3H3,(H,17,18)/t12-,14+/m0/s1. The van der Waals surface area contributed by atoms with E-state index < -0.39 is 29.3 Å². The molecule has 0 aliphatic carbocycles. The number of carboxylic acids is 1. The fourth-order valence-corrected chi connectivity index (χ4v) is 2.56. The number of carboxylic acid groups (broad SMARTS) is 1. The van der Waals surface area contributed by atoms with Crippen LogP contribution in [-0.2, 0) is 14.3 Å². The first kappa shape index (κ1) is 14.9. The van der Waals surface area contributed by atoms with Crippen molar-refractivity contribution < 1.29 is 23.8 Å². The largest absolute Gasteiger partial charge is 0.479 e. The molecule has 1 saturated heterocycles. The van der Waals surface area contributed by atoms with Gasteiger partial charge in [-0.1, -0.05) is 32.0 Å². The molecule has 1 aromatic rings. The van der Waals surface area contributed by atoms with E-state index in [1.54, 1.807) is 12.1 Å². The molecule has 1 N–H and O–H groups in total. The van der Waals surface area contributed by atoms with E-state index in [0.29, 0.717) is 12.8 Å². The van der Waals surface area contributed by atoms with Crippen molar-refractivity contribution in [1.82, 2.24) is 0 Å². The zero-order valence-corrected chi connectivity index (χ0v) is 11.9. The van der Waals surface area contributed by atoms with Crippen molar-refractivity contribution in [2.24, 2.45) is 0 Å². The van der Waals surface area contributed by atoms with E-state index in [-0.39, 0.29) is 5.56 Å². The van der Waals surface area contributed by atoms with Crippen LogP contribution >= 0.6 is 0 Å². The number of carbonyl (C=O) groups is 1. The fourth-order valence-electron chi connectivity index (χ4n) is 2.56. The maximum absolute atomic E-state index is 14.0. The number of hydrogen-bond donors (Lipinski definition) is 1. The van der Waals surface area contributed by atoms with Crippen LogP contribution < -0.4 is 0 Å². The molecule has 20 heavy (non-hydrogen) atoms. The number of halogens is 1. The quantitative estimate of drug-likeness (QED) is 0.920. The van der Waals surface area contributed by atoms with Crippen LogP contribution in [-0.4, -0.2) is 22.5 Å². The van der Waals surface area contributed by atoms with Crippen LogP contribution in [0.15, 0.2) is 24.3 Å². The Labute approximate surface area is 117 Å². The predicted molar refractivity (Wildman–Crippen MR) is 70.7 cm³/mol.